The molecule has 1 aliphatic heterocycles. The number of piperazine rings is 1. The number of carbonyl (C=O) groups is 1. The van der Waals surface area contributed by atoms with E-state index in [9.17, 15) is 4.79 Å². The SMILES string of the molecule is CSC(=O)C1CNCCN1. The van der Waals surface area contributed by atoms with Crippen molar-refractivity contribution in [2.45, 2.75) is 6.04 Å². The lowest BCUT2D eigenvalue weighted by Gasteiger charge is -2.22. The molecule has 1 atom stereocenters. The predicted octanol–water partition coefficient (Wildman–Crippen LogP) is -0.563. The van der Waals surface area contributed by atoms with E-state index in [-0.39, 0.29) is 11.2 Å². The molecule has 1 heterocycles. The Bertz CT molecular complexity index is 123. The van der Waals surface area contributed by atoms with Crippen LogP contribution in [0.4, 0.5) is 0 Å². The topological polar surface area (TPSA) is 41.1 Å². The van der Waals surface area contributed by atoms with Gasteiger partial charge in [0.05, 0.1) is 6.04 Å². The van der Waals surface area contributed by atoms with Gasteiger partial charge in [-0.05, 0) is 6.26 Å². The summed E-state index contributed by atoms with van der Waals surface area (Å²) < 4.78 is 0. The molecule has 1 fully saturated rings. The first-order valence-electron chi connectivity index (χ1n) is 3.36. The molecule has 1 rings (SSSR count). The minimum Gasteiger partial charge on any atom is -0.313 e. The number of hydrogen-bond acceptors (Lipinski definition) is 4. The van der Waals surface area contributed by atoms with Crippen LogP contribution in [-0.4, -0.2) is 37.0 Å². The van der Waals surface area contributed by atoms with Crippen molar-refractivity contribution in [2.24, 2.45) is 0 Å². The first-order valence-corrected chi connectivity index (χ1v) is 4.59. The molecule has 3 nitrogen and oxygen atoms in total. The maximum atomic E-state index is 11.0. The second kappa shape index (κ2) is 3.95. The number of thioether (sulfide) groups is 1. The minimum absolute atomic E-state index is 0.0312. The van der Waals surface area contributed by atoms with Crippen molar-refractivity contribution in [1.29, 1.82) is 0 Å². The molecule has 1 aliphatic rings. The molecule has 0 aliphatic carbocycles. The number of rotatable bonds is 1. The summed E-state index contributed by atoms with van der Waals surface area (Å²) in [6, 6.07) is 0.0312. The van der Waals surface area contributed by atoms with Crippen LogP contribution in [0.5, 0.6) is 0 Å². The van der Waals surface area contributed by atoms with Crippen molar-refractivity contribution in [3.05, 3.63) is 0 Å². The van der Waals surface area contributed by atoms with Crippen molar-refractivity contribution in [2.75, 3.05) is 25.9 Å². The molecule has 1 unspecified atom stereocenters. The standard InChI is InChI=1S/C6H12N2OS/c1-10-6(9)5-4-7-2-3-8-5/h5,7-8H,2-4H2,1H3. The summed E-state index contributed by atoms with van der Waals surface area (Å²) in [6.45, 7) is 2.65. The van der Waals surface area contributed by atoms with Crippen LogP contribution >= 0.6 is 11.8 Å². The molecule has 0 aromatic rings. The highest BCUT2D eigenvalue weighted by Gasteiger charge is 2.18. The zero-order valence-corrected chi connectivity index (χ0v) is 6.83. The van der Waals surface area contributed by atoms with E-state index < -0.39 is 0 Å². The molecular weight excluding hydrogens is 148 g/mol. The zero-order chi connectivity index (χ0) is 7.40. The highest BCUT2D eigenvalue weighted by Crippen LogP contribution is 2.00. The Kier molecular flexibility index (Phi) is 3.18. The Balaban J connectivity index is 2.31. The summed E-state index contributed by atoms with van der Waals surface area (Å²) in [6.07, 6.45) is 1.82. The van der Waals surface area contributed by atoms with Crippen molar-refractivity contribution in [3.63, 3.8) is 0 Å². The average Bonchev–Trinajstić information content (AvgIpc) is 2.05. The quantitative estimate of drug-likeness (QED) is 0.539. The molecule has 2 N–H and O–H groups in total. The normalized spacial score (nSPS) is 26.3. The molecule has 1 saturated heterocycles. The van der Waals surface area contributed by atoms with Crippen LogP contribution in [0.1, 0.15) is 0 Å². The lowest BCUT2D eigenvalue weighted by molar-refractivity contribution is -0.112. The van der Waals surface area contributed by atoms with E-state index in [1.807, 2.05) is 6.26 Å². The Labute approximate surface area is 64.9 Å². The van der Waals surface area contributed by atoms with Crippen LogP contribution in [0, 0.1) is 0 Å². The number of hydrogen-bond donors (Lipinski definition) is 2. The Morgan fingerprint density at radius 2 is 2.40 bits per heavy atom. The summed E-state index contributed by atoms with van der Waals surface area (Å²) in [4.78, 5) is 11.0. The van der Waals surface area contributed by atoms with Crippen LogP contribution < -0.4 is 10.6 Å². The predicted molar refractivity (Wildman–Crippen MR) is 43.2 cm³/mol. The van der Waals surface area contributed by atoms with Crippen LogP contribution in [-0.2, 0) is 4.79 Å². The van der Waals surface area contributed by atoms with Crippen molar-refractivity contribution < 1.29 is 4.79 Å². The lowest BCUT2D eigenvalue weighted by atomic mass is 10.3. The van der Waals surface area contributed by atoms with Gasteiger partial charge in [0.15, 0.2) is 0 Å². The van der Waals surface area contributed by atoms with E-state index in [0.29, 0.717) is 0 Å². The lowest BCUT2D eigenvalue weighted by Crippen LogP contribution is -2.51. The fourth-order valence-electron chi connectivity index (χ4n) is 0.962. The fourth-order valence-corrected chi connectivity index (χ4v) is 1.41. The van der Waals surface area contributed by atoms with Gasteiger partial charge in [-0.1, -0.05) is 11.8 Å². The molecule has 4 heteroatoms. The maximum Gasteiger partial charge on any atom is 0.206 e. The van der Waals surface area contributed by atoms with E-state index in [2.05, 4.69) is 10.6 Å². The van der Waals surface area contributed by atoms with Gasteiger partial charge in [0.25, 0.3) is 0 Å². The van der Waals surface area contributed by atoms with Gasteiger partial charge in [0.2, 0.25) is 5.12 Å². The molecule has 0 radical (unpaired) electrons. The first-order chi connectivity index (χ1) is 4.84. The molecular formula is C6H12N2OS. The van der Waals surface area contributed by atoms with Crippen molar-refractivity contribution >= 4 is 16.9 Å². The Morgan fingerprint density at radius 3 is 2.90 bits per heavy atom. The third-order valence-corrected chi connectivity index (χ3v) is 2.21. The molecule has 0 aromatic carbocycles. The molecule has 0 bridgehead atoms. The molecule has 0 saturated carbocycles. The molecule has 58 valence electrons. The monoisotopic (exact) mass is 160 g/mol. The number of carbonyl (C=O) groups excluding carboxylic acids is 1. The van der Waals surface area contributed by atoms with Gasteiger partial charge >= 0.3 is 0 Å². The van der Waals surface area contributed by atoms with E-state index >= 15 is 0 Å². The highest BCUT2D eigenvalue weighted by molar-refractivity contribution is 8.13. The highest BCUT2D eigenvalue weighted by atomic mass is 32.2. The first kappa shape index (κ1) is 8.04. The van der Waals surface area contributed by atoms with Crippen LogP contribution in [0.25, 0.3) is 0 Å². The van der Waals surface area contributed by atoms with Crippen LogP contribution in [0.2, 0.25) is 0 Å². The van der Waals surface area contributed by atoms with E-state index in [4.69, 9.17) is 0 Å². The van der Waals surface area contributed by atoms with Crippen LogP contribution in [0.15, 0.2) is 0 Å². The van der Waals surface area contributed by atoms with Crippen molar-refractivity contribution in [1.82, 2.24) is 10.6 Å². The second-order valence-electron chi connectivity index (χ2n) is 2.23. The smallest absolute Gasteiger partial charge is 0.206 e. The zero-order valence-electron chi connectivity index (χ0n) is 6.02. The van der Waals surface area contributed by atoms with Gasteiger partial charge in [-0.3, -0.25) is 4.79 Å². The fraction of sp³-hybridized carbons (Fsp3) is 0.833. The number of nitrogens with one attached hydrogen (secondary N) is 2. The van der Waals surface area contributed by atoms with Crippen molar-refractivity contribution in [3.8, 4) is 0 Å². The van der Waals surface area contributed by atoms with Gasteiger partial charge in [0.1, 0.15) is 0 Å². The van der Waals surface area contributed by atoms with Crippen LogP contribution in [0.3, 0.4) is 0 Å². The third kappa shape index (κ3) is 1.97. The average molecular weight is 160 g/mol. The Morgan fingerprint density at radius 1 is 1.60 bits per heavy atom. The summed E-state index contributed by atoms with van der Waals surface area (Å²) in [5.41, 5.74) is 0. The second-order valence-corrected chi connectivity index (χ2v) is 3.04. The van der Waals surface area contributed by atoms with Gasteiger partial charge in [-0.15, -0.1) is 0 Å². The minimum atomic E-state index is 0.0312. The van der Waals surface area contributed by atoms with Gasteiger partial charge in [0, 0.05) is 19.6 Å². The summed E-state index contributed by atoms with van der Waals surface area (Å²) in [7, 11) is 0. The summed E-state index contributed by atoms with van der Waals surface area (Å²) in [5, 5.41) is 6.52. The summed E-state index contributed by atoms with van der Waals surface area (Å²) in [5.74, 6) is 0. The molecule has 0 aromatic heterocycles. The molecule has 10 heavy (non-hydrogen) atoms. The van der Waals surface area contributed by atoms with E-state index in [0.717, 1.165) is 19.6 Å². The Hall–Kier alpha value is -0.0600. The summed E-state index contributed by atoms with van der Waals surface area (Å²) >= 11 is 1.29. The molecule has 0 amide bonds. The largest absolute Gasteiger partial charge is 0.313 e. The molecule has 0 spiro atoms. The third-order valence-electron chi connectivity index (χ3n) is 1.53. The van der Waals surface area contributed by atoms with E-state index in [1.165, 1.54) is 11.8 Å². The van der Waals surface area contributed by atoms with Gasteiger partial charge in [-0.2, -0.15) is 0 Å². The maximum absolute atomic E-state index is 11.0. The van der Waals surface area contributed by atoms with E-state index in [1.54, 1.807) is 0 Å². The van der Waals surface area contributed by atoms with Gasteiger partial charge in [-0.25, -0.2) is 0 Å². The van der Waals surface area contributed by atoms with Gasteiger partial charge < -0.3 is 10.6 Å².